The molecule has 1 atom stereocenters. The smallest absolute Gasteiger partial charge is 0.319 e. The normalized spacial score (nSPS) is 17.1. The first-order valence-corrected chi connectivity index (χ1v) is 7.03. The highest BCUT2D eigenvalue weighted by molar-refractivity contribution is 5.89. The quantitative estimate of drug-likeness (QED) is 0.850. The van der Waals surface area contributed by atoms with Crippen molar-refractivity contribution in [3.05, 3.63) is 65.7 Å². The van der Waals surface area contributed by atoms with Crippen LogP contribution in [0.2, 0.25) is 0 Å². The van der Waals surface area contributed by atoms with Crippen molar-refractivity contribution in [2.45, 2.75) is 25.3 Å². The highest BCUT2D eigenvalue weighted by Crippen LogP contribution is 2.29. The third kappa shape index (κ3) is 2.82. The number of nitrogens with one attached hydrogen (secondary N) is 2. The molecule has 2 amide bonds. The number of carbonyl (C=O) groups excluding carboxylic acids is 1. The first-order valence-electron chi connectivity index (χ1n) is 7.03. The van der Waals surface area contributed by atoms with Crippen LogP contribution in [-0.4, -0.2) is 6.03 Å². The molecule has 0 aliphatic heterocycles. The number of benzene rings is 2. The fourth-order valence-corrected chi connectivity index (χ4v) is 2.75. The summed E-state index contributed by atoms with van der Waals surface area (Å²) in [5, 5.41) is 5.94. The summed E-state index contributed by atoms with van der Waals surface area (Å²) in [6.45, 7) is 0. The molecule has 20 heavy (non-hydrogen) atoms. The van der Waals surface area contributed by atoms with E-state index in [4.69, 9.17) is 0 Å². The molecule has 0 fully saturated rings. The Morgan fingerprint density at radius 1 is 1.00 bits per heavy atom. The molecule has 0 heterocycles. The average molecular weight is 266 g/mol. The second-order valence-electron chi connectivity index (χ2n) is 5.11. The van der Waals surface area contributed by atoms with Gasteiger partial charge in [-0.2, -0.15) is 0 Å². The summed E-state index contributed by atoms with van der Waals surface area (Å²) < 4.78 is 0. The van der Waals surface area contributed by atoms with Crippen LogP contribution in [0, 0.1) is 0 Å². The molecule has 0 saturated heterocycles. The molecule has 1 aliphatic carbocycles. The van der Waals surface area contributed by atoms with Crippen LogP contribution < -0.4 is 10.6 Å². The summed E-state index contributed by atoms with van der Waals surface area (Å²) in [6, 6.07) is 17.8. The van der Waals surface area contributed by atoms with E-state index >= 15 is 0 Å². The number of hydrogen-bond donors (Lipinski definition) is 2. The number of urea groups is 1. The zero-order valence-electron chi connectivity index (χ0n) is 11.3. The van der Waals surface area contributed by atoms with Gasteiger partial charge >= 0.3 is 6.03 Å². The van der Waals surface area contributed by atoms with Crippen LogP contribution in [0.15, 0.2) is 54.6 Å². The average Bonchev–Trinajstić information content (AvgIpc) is 2.48. The van der Waals surface area contributed by atoms with E-state index in [2.05, 4.69) is 28.8 Å². The van der Waals surface area contributed by atoms with Crippen LogP contribution in [-0.2, 0) is 6.42 Å². The predicted molar refractivity (Wildman–Crippen MR) is 80.7 cm³/mol. The number of aryl methyl sites for hydroxylation is 1. The van der Waals surface area contributed by atoms with Crippen LogP contribution in [0.4, 0.5) is 10.5 Å². The Morgan fingerprint density at radius 3 is 2.60 bits per heavy atom. The van der Waals surface area contributed by atoms with E-state index in [1.54, 1.807) is 0 Å². The van der Waals surface area contributed by atoms with E-state index in [1.165, 1.54) is 11.1 Å². The maximum atomic E-state index is 12.1. The van der Waals surface area contributed by atoms with Crippen LogP contribution in [0.3, 0.4) is 0 Å². The molecule has 0 aromatic heterocycles. The minimum absolute atomic E-state index is 0.115. The Balaban J connectivity index is 1.68. The number of fused-ring (bicyclic) bond motifs is 1. The van der Waals surface area contributed by atoms with Crippen molar-refractivity contribution in [2.24, 2.45) is 0 Å². The van der Waals surface area contributed by atoms with Crippen molar-refractivity contribution in [1.82, 2.24) is 5.32 Å². The van der Waals surface area contributed by atoms with Crippen molar-refractivity contribution in [3.8, 4) is 0 Å². The van der Waals surface area contributed by atoms with Gasteiger partial charge in [-0.25, -0.2) is 4.79 Å². The van der Waals surface area contributed by atoms with Gasteiger partial charge in [0, 0.05) is 5.69 Å². The van der Waals surface area contributed by atoms with Gasteiger partial charge in [0.25, 0.3) is 0 Å². The Morgan fingerprint density at radius 2 is 1.75 bits per heavy atom. The number of anilines is 1. The Kier molecular flexibility index (Phi) is 3.68. The molecule has 0 spiro atoms. The van der Waals surface area contributed by atoms with Crippen LogP contribution in [0.1, 0.15) is 30.0 Å². The van der Waals surface area contributed by atoms with E-state index in [9.17, 15) is 4.79 Å². The molecule has 2 N–H and O–H groups in total. The Hall–Kier alpha value is -2.29. The highest BCUT2D eigenvalue weighted by atomic mass is 16.2. The molecule has 3 rings (SSSR count). The second-order valence-corrected chi connectivity index (χ2v) is 5.11. The first-order chi connectivity index (χ1) is 9.83. The molecule has 102 valence electrons. The van der Waals surface area contributed by atoms with Crippen molar-refractivity contribution < 1.29 is 4.79 Å². The number of carbonyl (C=O) groups is 1. The zero-order valence-corrected chi connectivity index (χ0v) is 11.3. The van der Waals surface area contributed by atoms with Gasteiger partial charge in [-0.15, -0.1) is 0 Å². The molecule has 0 radical (unpaired) electrons. The lowest BCUT2D eigenvalue weighted by Gasteiger charge is -2.26. The van der Waals surface area contributed by atoms with Crippen LogP contribution >= 0.6 is 0 Å². The summed E-state index contributed by atoms with van der Waals surface area (Å²) in [7, 11) is 0. The summed E-state index contributed by atoms with van der Waals surface area (Å²) in [4.78, 5) is 12.1. The second kappa shape index (κ2) is 5.78. The van der Waals surface area contributed by atoms with E-state index < -0.39 is 0 Å². The van der Waals surface area contributed by atoms with Gasteiger partial charge in [-0.3, -0.25) is 0 Å². The van der Waals surface area contributed by atoms with Gasteiger partial charge in [0.1, 0.15) is 0 Å². The number of rotatable bonds is 2. The van der Waals surface area contributed by atoms with Gasteiger partial charge in [-0.1, -0.05) is 42.5 Å². The number of para-hydroxylation sites is 1. The van der Waals surface area contributed by atoms with Crippen LogP contribution in [0.25, 0.3) is 0 Å². The maximum absolute atomic E-state index is 12.1. The van der Waals surface area contributed by atoms with E-state index in [0.717, 1.165) is 24.9 Å². The first kappa shape index (κ1) is 12.7. The van der Waals surface area contributed by atoms with Gasteiger partial charge in [0.2, 0.25) is 0 Å². The van der Waals surface area contributed by atoms with Crippen molar-refractivity contribution in [3.63, 3.8) is 0 Å². The van der Waals surface area contributed by atoms with Crippen molar-refractivity contribution in [1.29, 1.82) is 0 Å². The molecular weight excluding hydrogens is 248 g/mol. The van der Waals surface area contributed by atoms with Crippen molar-refractivity contribution in [2.75, 3.05) is 5.32 Å². The van der Waals surface area contributed by atoms with Crippen LogP contribution in [0.5, 0.6) is 0 Å². The topological polar surface area (TPSA) is 41.1 Å². The molecular formula is C17H18N2O. The Bertz CT molecular complexity index is 595. The molecule has 1 aliphatic rings. The van der Waals surface area contributed by atoms with Gasteiger partial charge in [0.15, 0.2) is 0 Å². The maximum Gasteiger partial charge on any atom is 0.319 e. The predicted octanol–water partition coefficient (Wildman–Crippen LogP) is 3.89. The molecule has 2 aromatic carbocycles. The molecule has 3 heteroatoms. The summed E-state index contributed by atoms with van der Waals surface area (Å²) >= 11 is 0. The lowest BCUT2D eigenvalue weighted by atomic mass is 9.88. The molecule has 0 unspecified atom stereocenters. The highest BCUT2D eigenvalue weighted by Gasteiger charge is 2.21. The van der Waals surface area contributed by atoms with E-state index in [1.807, 2.05) is 36.4 Å². The monoisotopic (exact) mass is 266 g/mol. The minimum atomic E-state index is -0.141. The minimum Gasteiger partial charge on any atom is -0.331 e. The summed E-state index contributed by atoms with van der Waals surface area (Å²) in [6.07, 6.45) is 3.22. The lowest BCUT2D eigenvalue weighted by molar-refractivity contribution is 0.247. The van der Waals surface area contributed by atoms with Gasteiger partial charge in [-0.05, 0) is 42.5 Å². The fraction of sp³-hybridized carbons (Fsp3) is 0.235. The largest absolute Gasteiger partial charge is 0.331 e. The SMILES string of the molecule is O=C(Nc1ccccc1)N[C@@H]1CCCc2ccccc21. The van der Waals surface area contributed by atoms with Gasteiger partial charge < -0.3 is 10.6 Å². The van der Waals surface area contributed by atoms with Gasteiger partial charge in [0.05, 0.1) is 6.04 Å². The molecule has 3 nitrogen and oxygen atoms in total. The zero-order chi connectivity index (χ0) is 13.8. The summed E-state index contributed by atoms with van der Waals surface area (Å²) in [5.74, 6) is 0. The number of hydrogen-bond acceptors (Lipinski definition) is 1. The lowest BCUT2D eigenvalue weighted by Crippen LogP contribution is -2.34. The summed E-state index contributed by atoms with van der Waals surface area (Å²) in [5.41, 5.74) is 3.42. The molecule has 0 bridgehead atoms. The molecule has 2 aromatic rings. The third-order valence-electron chi connectivity index (χ3n) is 3.71. The standard InChI is InChI=1S/C17H18N2O/c20-17(18-14-9-2-1-3-10-14)19-16-12-6-8-13-7-4-5-11-15(13)16/h1-5,7,9-11,16H,6,8,12H2,(H2,18,19,20)/t16-/m1/s1. The molecule has 0 saturated carbocycles. The van der Waals surface area contributed by atoms with Crippen molar-refractivity contribution >= 4 is 11.7 Å². The van der Waals surface area contributed by atoms with E-state index in [0.29, 0.717) is 0 Å². The fourth-order valence-electron chi connectivity index (χ4n) is 2.75. The Labute approximate surface area is 119 Å². The van der Waals surface area contributed by atoms with E-state index in [-0.39, 0.29) is 12.1 Å². The third-order valence-corrected chi connectivity index (χ3v) is 3.71. The number of amides is 2.